The molecule has 0 amide bonds. The Morgan fingerprint density at radius 1 is 1.64 bits per heavy atom. The summed E-state index contributed by atoms with van der Waals surface area (Å²) in [5.41, 5.74) is 3.50. The van der Waals surface area contributed by atoms with Gasteiger partial charge in [0, 0.05) is 20.3 Å². The molecular weight excluding hydrogens is 178 g/mol. The first-order valence-corrected chi connectivity index (χ1v) is 4.32. The van der Waals surface area contributed by atoms with Crippen LogP contribution in [0.3, 0.4) is 0 Å². The van der Waals surface area contributed by atoms with Crippen LogP contribution in [-0.2, 0) is 6.54 Å². The van der Waals surface area contributed by atoms with Crippen molar-refractivity contribution in [3.63, 3.8) is 0 Å². The number of aromatic nitrogens is 1. The molecule has 1 aromatic rings. The summed E-state index contributed by atoms with van der Waals surface area (Å²) in [4.78, 5) is 10.1. The predicted octanol–water partition coefficient (Wildman–Crippen LogP) is -0.0375. The standard InChI is InChI=1S/C9H15N5/c1-11-9(13-10)14(2)7-8-5-3-4-6-12-8/h3-6H,7,10H2,1-2H3,(H,11,13). The van der Waals surface area contributed by atoms with E-state index in [1.807, 2.05) is 30.1 Å². The fraction of sp³-hybridized carbons (Fsp3) is 0.333. The lowest BCUT2D eigenvalue weighted by Gasteiger charge is -2.19. The molecule has 0 radical (unpaired) electrons. The molecule has 0 unspecified atom stereocenters. The second kappa shape index (κ2) is 5.18. The van der Waals surface area contributed by atoms with Crippen LogP contribution < -0.4 is 11.3 Å². The Labute approximate surface area is 83.6 Å². The fourth-order valence-corrected chi connectivity index (χ4v) is 1.15. The van der Waals surface area contributed by atoms with E-state index in [1.165, 1.54) is 0 Å². The van der Waals surface area contributed by atoms with Crippen LogP contribution in [0, 0.1) is 0 Å². The average molecular weight is 193 g/mol. The quantitative estimate of drug-likeness (QED) is 0.299. The van der Waals surface area contributed by atoms with Crippen molar-refractivity contribution in [2.24, 2.45) is 10.8 Å². The van der Waals surface area contributed by atoms with E-state index in [0.717, 1.165) is 5.69 Å². The highest BCUT2D eigenvalue weighted by atomic mass is 15.4. The van der Waals surface area contributed by atoms with Crippen molar-refractivity contribution in [3.05, 3.63) is 30.1 Å². The maximum absolute atomic E-state index is 5.29. The van der Waals surface area contributed by atoms with Crippen LogP contribution in [0.1, 0.15) is 5.69 Å². The first-order valence-electron chi connectivity index (χ1n) is 4.32. The molecule has 5 heteroatoms. The average Bonchev–Trinajstić information content (AvgIpc) is 2.21. The molecule has 0 atom stereocenters. The van der Waals surface area contributed by atoms with E-state index in [-0.39, 0.29) is 0 Å². The van der Waals surface area contributed by atoms with Crippen LogP contribution in [0.15, 0.2) is 29.4 Å². The van der Waals surface area contributed by atoms with Gasteiger partial charge in [-0.1, -0.05) is 6.07 Å². The third-order valence-electron chi connectivity index (χ3n) is 1.83. The number of aliphatic imine (C=N–C) groups is 1. The van der Waals surface area contributed by atoms with Crippen molar-refractivity contribution in [1.29, 1.82) is 0 Å². The van der Waals surface area contributed by atoms with Crippen LogP contribution in [0.2, 0.25) is 0 Å². The van der Waals surface area contributed by atoms with E-state index in [4.69, 9.17) is 5.84 Å². The smallest absolute Gasteiger partial charge is 0.208 e. The van der Waals surface area contributed by atoms with E-state index >= 15 is 0 Å². The van der Waals surface area contributed by atoms with Gasteiger partial charge in [-0.3, -0.25) is 15.4 Å². The van der Waals surface area contributed by atoms with Gasteiger partial charge >= 0.3 is 0 Å². The van der Waals surface area contributed by atoms with E-state index in [1.54, 1.807) is 13.2 Å². The summed E-state index contributed by atoms with van der Waals surface area (Å²) < 4.78 is 0. The molecule has 14 heavy (non-hydrogen) atoms. The SMILES string of the molecule is CN=C(NN)N(C)Cc1ccccn1. The third kappa shape index (κ3) is 2.70. The molecule has 1 rings (SSSR count). The van der Waals surface area contributed by atoms with Gasteiger partial charge in [-0.25, -0.2) is 5.84 Å². The van der Waals surface area contributed by atoms with Gasteiger partial charge in [-0.05, 0) is 12.1 Å². The number of rotatable bonds is 2. The summed E-state index contributed by atoms with van der Waals surface area (Å²) in [6, 6.07) is 5.80. The number of pyridine rings is 1. The topological polar surface area (TPSA) is 66.5 Å². The summed E-state index contributed by atoms with van der Waals surface area (Å²) in [6.45, 7) is 0.678. The molecule has 0 aliphatic carbocycles. The van der Waals surface area contributed by atoms with Gasteiger partial charge in [0.15, 0.2) is 0 Å². The number of nitrogens with zero attached hydrogens (tertiary/aromatic N) is 3. The van der Waals surface area contributed by atoms with Crippen molar-refractivity contribution < 1.29 is 0 Å². The molecular formula is C9H15N5. The number of hydrogen-bond acceptors (Lipinski definition) is 3. The summed E-state index contributed by atoms with van der Waals surface area (Å²) in [5.74, 6) is 5.93. The molecule has 0 aliphatic heterocycles. The Balaban J connectivity index is 2.61. The van der Waals surface area contributed by atoms with Gasteiger partial charge in [0.05, 0.1) is 12.2 Å². The highest BCUT2D eigenvalue weighted by molar-refractivity contribution is 5.78. The van der Waals surface area contributed by atoms with Crippen molar-refractivity contribution in [2.45, 2.75) is 6.54 Å². The zero-order chi connectivity index (χ0) is 10.4. The minimum atomic E-state index is 0.635. The van der Waals surface area contributed by atoms with Crippen molar-refractivity contribution in [3.8, 4) is 0 Å². The van der Waals surface area contributed by atoms with Gasteiger partial charge in [0.25, 0.3) is 0 Å². The minimum Gasteiger partial charge on any atom is -0.339 e. The Hall–Kier alpha value is -1.62. The molecule has 0 aromatic carbocycles. The number of guanidine groups is 1. The molecule has 0 fully saturated rings. The largest absolute Gasteiger partial charge is 0.339 e. The van der Waals surface area contributed by atoms with Crippen molar-refractivity contribution in [1.82, 2.24) is 15.3 Å². The minimum absolute atomic E-state index is 0.635. The van der Waals surface area contributed by atoms with Gasteiger partial charge in [-0.15, -0.1) is 0 Å². The molecule has 1 aromatic heterocycles. The second-order valence-electron chi connectivity index (χ2n) is 2.87. The van der Waals surface area contributed by atoms with Gasteiger partial charge in [0.1, 0.15) is 0 Å². The zero-order valence-electron chi connectivity index (χ0n) is 8.44. The maximum atomic E-state index is 5.29. The lowest BCUT2D eigenvalue weighted by molar-refractivity contribution is 0.472. The van der Waals surface area contributed by atoms with Gasteiger partial charge in [0.2, 0.25) is 5.96 Å². The van der Waals surface area contributed by atoms with Gasteiger partial charge < -0.3 is 4.90 Å². The lowest BCUT2D eigenvalue weighted by atomic mass is 10.3. The predicted molar refractivity (Wildman–Crippen MR) is 56.4 cm³/mol. The Bertz CT molecular complexity index is 295. The summed E-state index contributed by atoms with van der Waals surface area (Å²) >= 11 is 0. The van der Waals surface area contributed by atoms with Crippen LogP contribution in [0.25, 0.3) is 0 Å². The third-order valence-corrected chi connectivity index (χ3v) is 1.83. The fourth-order valence-electron chi connectivity index (χ4n) is 1.15. The molecule has 0 saturated carbocycles. The van der Waals surface area contributed by atoms with Crippen molar-refractivity contribution >= 4 is 5.96 Å². The highest BCUT2D eigenvalue weighted by Gasteiger charge is 2.04. The van der Waals surface area contributed by atoms with E-state index in [2.05, 4.69) is 15.4 Å². The van der Waals surface area contributed by atoms with E-state index in [0.29, 0.717) is 12.5 Å². The van der Waals surface area contributed by atoms with Crippen molar-refractivity contribution in [2.75, 3.05) is 14.1 Å². The maximum Gasteiger partial charge on any atom is 0.208 e. The van der Waals surface area contributed by atoms with Crippen LogP contribution >= 0.6 is 0 Å². The summed E-state index contributed by atoms with van der Waals surface area (Å²) in [6.07, 6.45) is 1.77. The molecule has 3 N–H and O–H groups in total. The van der Waals surface area contributed by atoms with Crippen LogP contribution in [-0.4, -0.2) is 29.9 Å². The number of nitrogens with one attached hydrogen (secondary N) is 1. The second-order valence-corrected chi connectivity index (χ2v) is 2.87. The zero-order valence-corrected chi connectivity index (χ0v) is 8.44. The first-order chi connectivity index (χ1) is 6.77. The lowest BCUT2D eigenvalue weighted by Crippen LogP contribution is -2.42. The monoisotopic (exact) mass is 193 g/mol. The Morgan fingerprint density at radius 2 is 2.43 bits per heavy atom. The Morgan fingerprint density at radius 3 is 2.93 bits per heavy atom. The molecule has 0 saturated heterocycles. The van der Waals surface area contributed by atoms with E-state index < -0.39 is 0 Å². The first kappa shape index (κ1) is 10.5. The normalized spacial score (nSPS) is 11.2. The summed E-state index contributed by atoms with van der Waals surface area (Å²) in [5, 5.41) is 0. The molecule has 0 spiro atoms. The molecule has 1 heterocycles. The van der Waals surface area contributed by atoms with Crippen LogP contribution in [0.5, 0.6) is 0 Å². The van der Waals surface area contributed by atoms with Gasteiger partial charge in [-0.2, -0.15) is 0 Å². The van der Waals surface area contributed by atoms with Crippen LogP contribution in [0.4, 0.5) is 0 Å². The molecule has 0 bridgehead atoms. The number of nitrogens with two attached hydrogens (primary N) is 1. The van der Waals surface area contributed by atoms with E-state index in [9.17, 15) is 0 Å². The number of hydrogen-bond donors (Lipinski definition) is 2. The Kier molecular flexibility index (Phi) is 3.87. The number of hydrazine groups is 1. The highest BCUT2D eigenvalue weighted by Crippen LogP contribution is 1.98. The molecule has 76 valence electrons. The molecule has 5 nitrogen and oxygen atoms in total. The summed E-state index contributed by atoms with van der Waals surface area (Å²) in [7, 11) is 3.58. The molecule has 0 aliphatic rings.